The first kappa shape index (κ1) is 13.4. The Labute approximate surface area is 102 Å². The van der Waals surface area contributed by atoms with E-state index >= 15 is 0 Å². The van der Waals surface area contributed by atoms with Gasteiger partial charge in [0.1, 0.15) is 0 Å². The minimum atomic E-state index is 0.226. The molecule has 2 nitrogen and oxygen atoms in total. The van der Waals surface area contributed by atoms with Crippen LogP contribution in [0.3, 0.4) is 0 Å². The second kappa shape index (κ2) is 7.60. The van der Waals surface area contributed by atoms with Crippen molar-refractivity contribution in [3.63, 3.8) is 0 Å². The SMILES string of the molecule is C=CCCC(C)NC(CCO)c1cccs1. The van der Waals surface area contributed by atoms with E-state index in [1.807, 2.05) is 6.08 Å². The number of hydrogen-bond donors (Lipinski definition) is 2. The highest BCUT2D eigenvalue weighted by Crippen LogP contribution is 2.22. The van der Waals surface area contributed by atoms with Crippen molar-refractivity contribution in [2.24, 2.45) is 0 Å². The first-order chi connectivity index (χ1) is 7.77. The standard InChI is InChI=1S/C13H21NOS/c1-3-4-6-11(2)14-12(8-9-15)13-7-5-10-16-13/h3,5,7,10-12,14-15H,1,4,6,8-9H2,2H3. The molecular formula is C13H21NOS. The molecule has 1 heterocycles. The van der Waals surface area contributed by atoms with E-state index < -0.39 is 0 Å². The van der Waals surface area contributed by atoms with E-state index in [0.29, 0.717) is 6.04 Å². The van der Waals surface area contributed by atoms with Crippen LogP contribution < -0.4 is 5.32 Å². The number of thiophene rings is 1. The summed E-state index contributed by atoms with van der Waals surface area (Å²) in [5.74, 6) is 0. The summed E-state index contributed by atoms with van der Waals surface area (Å²) in [5.41, 5.74) is 0. The van der Waals surface area contributed by atoms with Crippen molar-refractivity contribution in [1.29, 1.82) is 0 Å². The Morgan fingerprint density at radius 3 is 2.94 bits per heavy atom. The maximum absolute atomic E-state index is 9.07. The van der Waals surface area contributed by atoms with Gasteiger partial charge in [0.25, 0.3) is 0 Å². The Bertz CT molecular complexity index is 284. The second-order valence-corrected chi connectivity index (χ2v) is 4.99. The smallest absolute Gasteiger partial charge is 0.0449 e. The number of aliphatic hydroxyl groups excluding tert-OH is 1. The predicted molar refractivity (Wildman–Crippen MR) is 70.8 cm³/mol. The molecule has 0 spiro atoms. The Morgan fingerprint density at radius 1 is 1.56 bits per heavy atom. The third-order valence-electron chi connectivity index (χ3n) is 2.59. The van der Waals surface area contributed by atoms with E-state index in [1.165, 1.54) is 4.88 Å². The molecular weight excluding hydrogens is 218 g/mol. The molecule has 2 N–H and O–H groups in total. The normalized spacial score (nSPS) is 14.6. The number of nitrogens with one attached hydrogen (secondary N) is 1. The number of allylic oxidation sites excluding steroid dienone is 1. The molecule has 0 bridgehead atoms. The van der Waals surface area contributed by atoms with Crippen molar-refractivity contribution >= 4 is 11.3 Å². The van der Waals surface area contributed by atoms with E-state index in [0.717, 1.165) is 19.3 Å². The van der Waals surface area contributed by atoms with E-state index in [-0.39, 0.29) is 12.6 Å². The van der Waals surface area contributed by atoms with Gasteiger partial charge in [-0.15, -0.1) is 17.9 Å². The van der Waals surface area contributed by atoms with Gasteiger partial charge in [0.2, 0.25) is 0 Å². The number of aliphatic hydroxyl groups is 1. The maximum atomic E-state index is 9.07. The van der Waals surface area contributed by atoms with Crippen LogP contribution in [0.25, 0.3) is 0 Å². The summed E-state index contributed by atoms with van der Waals surface area (Å²) in [5, 5.41) is 14.7. The lowest BCUT2D eigenvalue weighted by atomic mass is 10.1. The van der Waals surface area contributed by atoms with Crippen LogP contribution in [-0.2, 0) is 0 Å². The molecule has 0 aliphatic heterocycles. The first-order valence-corrected chi connectivity index (χ1v) is 6.67. The summed E-state index contributed by atoms with van der Waals surface area (Å²) < 4.78 is 0. The van der Waals surface area contributed by atoms with Crippen molar-refractivity contribution < 1.29 is 5.11 Å². The zero-order valence-corrected chi connectivity index (χ0v) is 10.7. The molecule has 0 saturated carbocycles. The molecule has 2 atom stereocenters. The highest BCUT2D eigenvalue weighted by atomic mass is 32.1. The van der Waals surface area contributed by atoms with Gasteiger partial charge in [-0.1, -0.05) is 12.1 Å². The van der Waals surface area contributed by atoms with Crippen LogP contribution in [0.15, 0.2) is 30.2 Å². The van der Waals surface area contributed by atoms with Gasteiger partial charge in [0, 0.05) is 23.6 Å². The van der Waals surface area contributed by atoms with E-state index in [1.54, 1.807) is 11.3 Å². The van der Waals surface area contributed by atoms with Crippen molar-refractivity contribution in [3.8, 4) is 0 Å². The summed E-state index contributed by atoms with van der Waals surface area (Å²) in [7, 11) is 0. The summed E-state index contributed by atoms with van der Waals surface area (Å²) in [4.78, 5) is 1.31. The molecule has 1 rings (SSSR count). The Morgan fingerprint density at radius 2 is 2.38 bits per heavy atom. The third kappa shape index (κ3) is 4.47. The fraction of sp³-hybridized carbons (Fsp3) is 0.538. The summed E-state index contributed by atoms with van der Waals surface area (Å²) in [6, 6.07) is 4.92. The zero-order chi connectivity index (χ0) is 11.8. The molecule has 0 radical (unpaired) electrons. The summed E-state index contributed by atoms with van der Waals surface area (Å²) in [6.45, 7) is 6.14. The monoisotopic (exact) mass is 239 g/mol. The zero-order valence-electron chi connectivity index (χ0n) is 9.86. The minimum Gasteiger partial charge on any atom is -0.396 e. The molecule has 16 heavy (non-hydrogen) atoms. The molecule has 1 aromatic heterocycles. The maximum Gasteiger partial charge on any atom is 0.0449 e. The van der Waals surface area contributed by atoms with Gasteiger partial charge < -0.3 is 10.4 Å². The van der Waals surface area contributed by atoms with Gasteiger partial charge in [-0.3, -0.25) is 0 Å². The fourth-order valence-electron chi connectivity index (χ4n) is 1.72. The average Bonchev–Trinajstić information content (AvgIpc) is 2.79. The van der Waals surface area contributed by atoms with Crippen LogP contribution >= 0.6 is 11.3 Å². The third-order valence-corrected chi connectivity index (χ3v) is 3.58. The van der Waals surface area contributed by atoms with Crippen molar-refractivity contribution in [2.45, 2.75) is 38.3 Å². The molecule has 1 aromatic rings. The number of rotatable bonds is 8. The van der Waals surface area contributed by atoms with Crippen LogP contribution in [0.4, 0.5) is 0 Å². The molecule has 90 valence electrons. The van der Waals surface area contributed by atoms with Gasteiger partial charge in [-0.25, -0.2) is 0 Å². The number of hydrogen-bond acceptors (Lipinski definition) is 3. The summed E-state index contributed by atoms with van der Waals surface area (Å²) >= 11 is 1.74. The highest BCUT2D eigenvalue weighted by Gasteiger charge is 2.14. The van der Waals surface area contributed by atoms with Crippen LogP contribution in [0.2, 0.25) is 0 Å². The molecule has 0 aliphatic rings. The van der Waals surface area contributed by atoms with E-state index in [4.69, 9.17) is 5.11 Å². The van der Waals surface area contributed by atoms with Gasteiger partial charge in [-0.2, -0.15) is 0 Å². The highest BCUT2D eigenvalue weighted by molar-refractivity contribution is 7.10. The van der Waals surface area contributed by atoms with Crippen LogP contribution in [0, 0.1) is 0 Å². The topological polar surface area (TPSA) is 32.3 Å². The lowest BCUT2D eigenvalue weighted by Gasteiger charge is -2.21. The second-order valence-electron chi connectivity index (χ2n) is 4.01. The molecule has 0 saturated heterocycles. The van der Waals surface area contributed by atoms with Crippen LogP contribution in [0.5, 0.6) is 0 Å². The van der Waals surface area contributed by atoms with Gasteiger partial charge in [0.05, 0.1) is 0 Å². The van der Waals surface area contributed by atoms with Crippen molar-refractivity contribution in [1.82, 2.24) is 5.32 Å². The van der Waals surface area contributed by atoms with Crippen molar-refractivity contribution in [2.75, 3.05) is 6.61 Å². The van der Waals surface area contributed by atoms with Crippen molar-refractivity contribution in [3.05, 3.63) is 35.0 Å². The molecule has 0 fully saturated rings. The fourth-order valence-corrected chi connectivity index (χ4v) is 2.54. The average molecular weight is 239 g/mol. The molecule has 2 unspecified atom stereocenters. The van der Waals surface area contributed by atoms with Gasteiger partial charge in [0.15, 0.2) is 0 Å². The Hall–Kier alpha value is -0.640. The van der Waals surface area contributed by atoms with E-state index in [9.17, 15) is 0 Å². The van der Waals surface area contributed by atoms with Gasteiger partial charge >= 0.3 is 0 Å². The summed E-state index contributed by atoms with van der Waals surface area (Å²) in [6.07, 6.45) is 4.85. The van der Waals surface area contributed by atoms with Crippen LogP contribution in [0.1, 0.15) is 37.1 Å². The molecule has 0 aliphatic carbocycles. The lowest BCUT2D eigenvalue weighted by molar-refractivity contribution is 0.260. The molecule has 3 heteroatoms. The largest absolute Gasteiger partial charge is 0.396 e. The molecule has 0 aromatic carbocycles. The Kier molecular flexibility index (Phi) is 6.38. The van der Waals surface area contributed by atoms with Crippen LogP contribution in [-0.4, -0.2) is 17.8 Å². The lowest BCUT2D eigenvalue weighted by Crippen LogP contribution is -2.30. The minimum absolute atomic E-state index is 0.226. The quantitative estimate of drug-likeness (QED) is 0.683. The Balaban J connectivity index is 2.48. The van der Waals surface area contributed by atoms with E-state index in [2.05, 4.69) is 36.3 Å². The molecule has 0 amide bonds. The predicted octanol–water partition coefficient (Wildman–Crippen LogP) is 3.12. The van der Waals surface area contributed by atoms with Gasteiger partial charge in [-0.05, 0) is 37.6 Å². The first-order valence-electron chi connectivity index (χ1n) is 5.79.